The second-order valence-electron chi connectivity index (χ2n) is 14.7. The SMILES string of the molecule is C[C@@H]1CC[C@]2(C)CC[C@]3(C)C(=CC[C@@H]4[C@@]5(C)CC[C@H](O)C(C)(C)[C@@H]5CC[C@]43C)C2[C@H]1C. The van der Waals surface area contributed by atoms with Gasteiger partial charge in [-0.15, -0.1) is 0 Å². The molecule has 0 saturated heterocycles. The van der Waals surface area contributed by atoms with Gasteiger partial charge in [-0.25, -0.2) is 0 Å². The van der Waals surface area contributed by atoms with Crippen molar-refractivity contribution in [2.75, 3.05) is 0 Å². The van der Waals surface area contributed by atoms with Gasteiger partial charge in [-0.2, -0.15) is 0 Å². The van der Waals surface area contributed by atoms with E-state index in [1.54, 1.807) is 0 Å². The summed E-state index contributed by atoms with van der Waals surface area (Å²) in [5.41, 5.74) is 3.60. The molecule has 0 bridgehead atoms. The smallest absolute Gasteiger partial charge is 0.0594 e. The Morgan fingerprint density at radius 1 is 0.806 bits per heavy atom. The van der Waals surface area contributed by atoms with E-state index >= 15 is 0 Å². The third kappa shape index (κ3) is 2.65. The standard InChI is InChI=1S/C30H50O/c1-19-11-14-27(5)17-18-29(7)21(25(27)20(19)2)9-10-23-28(6)15-13-24(31)26(3,4)22(28)12-16-30(23,29)8/h9,19-20,22-25,31H,10-18H2,1-8H3/t19-,20+,22+,23-,24+,25?,27-,28+,29-,30-/m1/s1. The van der Waals surface area contributed by atoms with Gasteiger partial charge in [-0.05, 0) is 114 Å². The first-order chi connectivity index (χ1) is 14.3. The number of allylic oxidation sites excluding steroid dienone is 2. The Labute approximate surface area is 192 Å². The van der Waals surface area contributed by atoms with E-state index < -0.39 is 0 Å². The summed E-state index contributed by atoms with van der Waals surface area (Å²) < 4.78 is 0. The number of aliphatic hydroxyl groups is 1. The average Bonchev–Trinajstić information content (AvgIpc) is 2.69. The highest BCUT2D eigenvalue weighted by Gasteiger charge is 2.67. The summed E-state index contributed by atoms with van der Waals surface area (Å²) in [7, 11) is 0. The maximum atomic E-state index is 10.9. The lowest BCUT2D eigenvalue weighted by Gasteiger charge is -2.71. The summed E-state index contributed by atoms with van der Waals surface area (Å²) in [6, 6.07) is 0. The topological polar surface area (TPSA) is 20.2 Å². The van der Waals surface area contributed by atoms with E-state index in [2.05, 4.69) is 61.5 Å². The molecule has 4 saturated carbocycles. The molecule has 1 heteroatoms. The molecule has 0 aliphatic heterocycles. The van der Waals surface area contributed by atoms with Crippen LogP contribution in [0.25, 0.3) is 0 Å². The fourth-order valence-corrected chi connectivity index (χ4v) is 10.8. The first-order valence-corrected chi connectivity index (χ1v) is 13.7. The van der Waals surface area contributed by atoms with Crippen LogP contribution in [0.3, 0.4) is 0 Å². The minimum atomic E-state index is -0.125. The van der Waals surface area contributed by atoms with Crippen molar-refractivity contribution in [3.63, 3.8) is 0 Å². The number of hydrogen-bond donors (Lipinski definition) is 1. The highest BCUT2D eigenvalue weighted by molar-refractivity contribution is 5.33. The molecule has 0 aromatic rings. The fraction of sp³-hybridized carbons (Fsp3) is 0.933. The van der Waals surface area contributed by atoms with Crippen LogP contribution in [-0.2, 0) is 0 Å². The zero-order chi connectivity index (χ0) is 22.6. The molecule has 5 aliphatic rings. The van der Waals surface area contributed by atoms with Crippen molar-refractivity contribution in [1.82, 2.24) is 0 Å². The largest absolute Gasteiger partial charge is 0.393 e. The van der Waals surface area contributed by atoms with Crippen LogP contribution in [0.5, 0.6) is 0 Å². The van der Waals surface area contributed by atoms with Crippen molar-refractivity contribution in [3.8, 4) is 0 Å². The quantitative estimate of drug-likeness (QED) is 0.389. The maximum absolute atomic E-state index is 10.9. The van der Waals surface area contributed by atoms with E-state index in [0.29, 0.717) is 27.6 Å². The minimum absolute atomic E-state index is 0.0533. The average molecular weight is 427 g/mol. The molecule has 10 atom stereocenters. The van der Waals surface area contributed by atoms with Crippen molar-refractivity contribution < 1.29 is 5.11 Å². The molecule has 1 unspecified atom stereocenters. The third-order valence-corrected chi connectivity index (χ3v) is 13.4. The van der Waals surface area contributed by atoms with Crippen molar-refractivity contribution in [1.29, 1.82) is 0 Å². The van der Waals surface area contributed by atoms with Crippen LogP contribution in [0, 0.1) is 56.7 Å². The molecule has 31 heavy (non-hydrogen) atoms. The van der Waals surface area contributed by atoms with Gasteiger partial charge >= 0.3 is 0 Å². The Bertz CT molecular complexity index is 779. The molecule has 0 heterocycles. The van der Waals surface area contributed by atoms with Gasteiger partial charge in [0.2, 0.25) is 0 Å². The molecule has 0 spiro atoms. The van der Waals surface area contributed by atoms with Crippen molar-refractivity contribution >= 4 is 0 Å². The lowest BCUT2D eigenvalue weighted by Crippen LogP contribution is -2.64. The molecule has 0 amide bonds. The molecule has 1 N–H and O–H groups in total. The van der Waals surface area contributed by atoms with Gasteiger partial charge < -0.3 is 5.11 Å². The van der Waals surface area contributed by atoms with E-state index in [1.165, 1.54) is 51.4 Å². The first kappa shape index (κ1) is 22.5. The molecule has 176 valence electrons. The molecule has 0 aromatic heterocycles. The Morgan fingerprint density at radius 2 is 1.52 bits per heavy atom. The normalized spacial score (nSPS) is 58.3. The molecule has 0 radical (unpaired) electrons. The highest BCUT2D eigenvalue weighted by Crippen LogP contribution is 2.75. The predicted molar refractivity (Wildman–Crippen MR) is 131 cm³/mol. The van der Waals surface area contributed by atoms with Crippen LogP contribution in [0.15, 0.2) is 11.6 Å². The van der Waals surface area contributed by atoms with Crippen LogP contribution in [-0.4, -0.2) is 11.2 Å². The van der Waals surface area contributed by atoms with Gasteiger partial charge in [0.1, 0.15) is 0 Å². The van der Waals surface area contributed by atoms with Gasteiger partial charge in [0.05, 0.1) is 6.10 Å². The minimum Gasteiger partial charge on any atom is -0.393 e. The second kappa shape index (κ2) is 6.64. The lowest BCUT2D eigenvalue weighted by atomic mass is 9.33. The highest BCUT2D eigenvalue weighted by atomic mass is 16.3. The van der Waals surface area contributed by atoms with Crippen LogP contribution in [0.4, 0.5) is 0 Å². The van der Waals surface area contributed by atoms with Crippen molar-refractivity contribution in [2.45, 2.75) is 119 Å². The van der Waals surface area contributed by atoms with Crippen molar-refractivity contribution in [3.05, 3.63) is 11.6 Å². The third-order valence-electron chi connectivity index (χ3n) is 13.4. The Morgan fingerprint density at radius 3 is 2.23 bits per heavy atom. The molecule has 5 aliphatic carbocycles. The molecule has 5 rings (SSSR count). The van der Waals surface area contributed by atoms with Gasteiger partial charge in [-0.1, -0.05) is 67.0 Å². The fourth-order valence-electron chi connectivity index (χ4n) is 10.8. The molecular weight excluding hydrogens is 376 g/mol. The summed E-state index contributed by atoms with van der Waals surface area (Å²) in [6.07, 6.45) is 14.5. The first-order valence-electron chi connectivity index (χ1n) is 13.7. The van der Waals surface area contributed by atoms with E-state index in [-0.39, 0.29) is 11.5 Å². The Kier molecular flexibility index (Phi) is 4.82. The zero-order valence-electron chi connectivity index (χ0n) is 21.9. The zero-order valence-corrected chi connectivity index (χ0v) is 21.9. The monoisotopic (exact) mass is 426 g/mol. The summed E-state index contributed by atoms with van der Waals surface area (Å²) in [5.74, 6) is 3.90. The Hall–Kier alpha value is -0.300. The van der Waals surface area contributed by atoms with Crippen molar-refractivity contribution in [2.24, 2.45) is 56.7 Å². The van der Waals surface area contributed by atoms with Crippen LogP contribution >= 0.6 is 0 Å². The lowest BCUT2D eigenvalue weighted by molar-refractivity contribution is -0.203. The summed E-state index contributed by atoms with van der Waals surface area (Å²) in [6.45, 7) is 20.5. The van der Waals surface area contributed by atoms with Crippen LogP contribution < -0.4 is 0 Å². The maximum Gasteiger partial charge on any atom is 0.0594 e. The number of aliphatic hydroxyl groups excluding tert-OH is 1. The Balaban J connectivity index is 1.59. The number of fused-ring (bicyclic) bond motifs is 7. The molecular formula is C30H50O. The molecule has 1 nitrogen and oxygen atoms in total. The van der Waals surface area contributed by atoms with Crippen LogP contribution in [0.2, 0.25) is 0 Å². The van der Waals surface area contributed by atoms with E-state index in [1.807, 2.05) is 5.57 Å². The van der Waals surface area contributed by atoms with E-state index in [4.69, 9.17) is 0 Å². The summed E-state index contributed by atoms with van der Waals surface area (Å²) >= 11 is 0. The van der Waals surface area contributed by atoms with E-state index in [0.717, 1.165) is 30.1 Å². The van der Waals surface area contributed by atoms with Gasteiger partial charge in [0.25, 0.3) is 0 Å². The predicted octanol–water partition coefficient (Wildman–Crippen LogP) is 8.02. The van der Waals surface area contributed by atoms with Gasteiger partial charge in [-0.3, -0.25) is 0 Å². The second-order valence-corrected chi connectivity index (χ2v) is 14.7. The molecule has 4 fully saturated rings. The van der Waals surface area contributed by atoms with Gasteiger partial charge in [0.15, 0.2) is 0 Å². The van der Waals surface area contributed by atoms with Crippen LogP contribution in [0.1, 0.15) is 113 Å². The van der Waals surface area contributed by atoms with Gasteiger partial charge in [0, 0.05) is 0 Å². The van der Waals surface area contributed by atoms with E-state index in [9.17, 15) is 5.11 Å². The summed E-state index contributed by atoms with van der Waals surface area (Å²) in [5, 5.41) is 10.9. The summed E-state index contributed by atoms with van der Waals surface area (Å²) in [4.78, 5) is 0. The number of rotatable bonds is 0. The molecule has 0 aromatic carbocycles. The number of hydrogen-bond acceptors (Lipinski definition) is 1.